The third kappa shape index (κ3) is 5.51. The Kier molecular flexibility index (Phi) is 6.44. The summed E-state index contributed by atoms with van der Waals surface area (Å²) in [5.41, 5.74) is 1.14. The average molecular weight is 434 g/mol. The van der Waals surface area contributed by atoms with Crippen LogP contribution in [-0.2, 0) is 19.3 Å². The van der Waals surface area contributed by atoms with E-state index >= 15 is 0 Å². The molecule has 1 aromatic carbocycles. The van der Waals surface area contributed by atoms with Crippen molar-refractivity contribution in [3.63, 3.8) is 0 Å². The van der Waals surface area contributed by atoms with E-state index in [-0.39, 0.29) is 18.8 Å². The maximum atomic E-state index is 13.2. The lowest BCUT2D eigenvalue weighted by Gasteiger charge is -2.15. The molecule has 0 saturated heterocycles. The summed E-state index contributed by atoms with van der Waals surface area (Å²) in [4.78, 5) is 17.9. The minimum Gasteiger partial charge on any atom is -0.390 e. The average Bonchev–Trinajstić information content (AvgIpc) is 3.18. The minimum atomic E-state index is -4.62. The quantitative estimate of drug-likeness (QED) is 0.554. The molecule has 8 nitrogen and oxygen atoms in total. The van der Waals surface area contributed by atoms with Crippen LogP contribution in [0.4, 0.5) is 29.3 Å². The largest absolute Gasteiger partial charge is 0.435 e. The lowest BCUT2D eigenvalue weighted by molar-refractivity contribution is -0.141. The van der Waals surface area contributed by atoms with Gasteiger partial charge in [-0.15, -0.1) is 0 Å². The number of urea groups is 1. The molecule has 3 N–H and O–H groups in total. The van der Waals surface area contributed by atoms with Gasteiger partial charge < -0.3 is 20.6 Å². The van der Waals surface area contributed by atoms with Gasteiger partial charge in [-0.3, -0.25) is 4.98 Å². The van der Waals surface area contributed by atoms with Crippen LogP contribution in [0.25, 0.3) is 5.69 Å². The molecule has 0 bridgehead atoms. The van der Waals surface area contributed by atoms with Gasteiger partial charge in [0.1, 0.15) is 0 Å². The molecule has 31 heavy (non-hydrogen) atoms. The monoisotopic (exact) mass is 434 g/mol. The van der Waals surface area contributed by atoms with Crippen molar-refractivity contribution >= 4 is 17.4 Å². The first kappa shape index (κ1) is 22.1. The van der Waals surface area contributed by atoms with Gasteiger partial charge in [0.25, 0.3) is 0 Å². The van der Waals surface area contributed by atoms with Crippen LogP contribution in [0.2, 0.25) is 0 Å². The van der Waals surface area contributed by atoms with Crippen LogP contribution in [0, 0.1) is 0 Å². The number of benzene rings is 1. The van der Waals surface area contributed by atoms with Crippen LogP contribution in [-0.4, -0.2) is 40.0 Å². The van der Waals surface area contributed by atoms with Crippen molar-refractivity contribution in [3.8, 4) is 5.69 Å². The molecule has 0 spiro atoms. The third-order valence-electron chi connectivity index (χ3n) is 4.34. The van der Waals surface area contributed by atoms with Gasteiger partial charge in [-0.1, -0.05) is 6.07 Å². The second-order valence-electron chi connectivity index (χ2n) is 6.85. The molecule has 0 atom stereocenters. The number of carbonyl (C=O) groups is 1. The van der Waals surface area contributed by atoms with E-state index in [9.17, 15) is 18.0 Å². The van der Waals surface area contributed by atoms with Crippen molar-refractivity contribution in [3.05, 3.63) is 65.7 Å². The molecule has 3 rings (SSSR count). The normalized spacial score (nSPS) is 11.3. The van der Waals surface area contributed by atoms with Crippen LogP contribution in [0.3, 0.4) is 0 Å². The standard InChI is InChI=1S/C20H21F3N6O2/c1-28(2)15-4-3-5-16(8-15)29-17(9-18(27-29)20(21,22)23)11-25-19(31)26-13-6-7-14(12-30)24-10-13/h3-10,30H,11-12H2,1-2H3,(H2,25,26,31). The van der Waals surface area contributed by atoms with Gasteiger partial charge in [-0.05, 0) is 36.4 Å². The number of aromatic nitrogens is 3. The van der Waals surface area contributed by atoms with E-state index in [1.807, 2.05) is 25.1 Å². The van der Waals surface area contributed by atoms with Gasteiger partial charge >= 0.3 is 12.2 Å². The van der Waals surface area contributed by atoms with Crippen LogP contribution in [0.15, 0.2) is 48.7 Å². The second kappa shape index (κ2) is 9.04. The summed E-state index contributed by atoms with van der Waals surface area (Å²) >= 11 is 0. The number of carbonyl (C=O) groups excluding carboxylic acids is 1. The number of anilines is 2. The van der Waals surface area contributed by atoms with E-state index in [1.165, 1.54) is 12.3 Å². The van der Waals surface area contributed by atoms with Crippen molar-refractivity contribution in [1.29, 1.82) is 0 Å². The van der Waals surface area contributed by atoms with Gasteiger partial charge in [0.2, 0.25) is 0 Å². The summed E-state index contributed by atoms with van der Waals surface area (Å²) in [5, 5.41) is 17.7. The highest BCUT2D eigenvalue weighted by molar-refractivity contribution is 5.88. The number of pyridine rings is 1. The number of hydrogen-bond donors (Lipinski definition) is 3. The van der Waals surface area contributed by atoms with E-state index in [0.717, 1.165) is 16.4 Å². The zero-order valence-electron chi connectivity index (χ0n) is 16.8. The van der Waals surface area contributed by atoms with Crippen LogP contribution in [0.5, 0.6) is 0 Å². The third-order valence-corrected chi connectivity index (χ3v) is 4.34. The fourth-order valence-corrected chi connectivity index (χ4v) is 2.75. The second-order valence-corrected chi connectivity index (χ2v) is 6.85. The van der Waals surface area contributed by atoms with Gasteiger partial charge in [0.05, 0.1) is 42.1 Å². The molecule has 2 aromatic heterocycles. The Morgan fingerprint density at radius 2 is 1.97 bits per heavy atom. The maximum absolute atomic E-state index is 13.2. The molecule has 3 aromatic rings. The zero-order chi connectivity index (χ0) is 22.6. The van der Waals surface area contributed by atoms with E-state index < -0.39 is 17.9 Å². The molecule has 0 aliphatic heterocycles. The number of rotatable bonds is 6. The van der Waals surface area contributed by atoms with Crippen molar-refractivity contribution in [2.45, 2.75) is 19.3 Å². The number of amides is 2. The lowest BCUT2D eigenvalue weighted by Crippen LogP contribution is -2.29. The van der Waals surface area contributed by atoms with Crippen LogP contribution < -0.4 is 15.5 Å². The highest BCUT2D eigenvalue weighted by atomic mass is 19.4. The number of alkyl halides is 3. The Hall–Kier alpha value is -3.60. The molecule has 2 heterocycles. The topological polar surface area (TPSA) is 95.3 Å². The highest BCUT2D eigenvalue weighted by Crippen LogP contribution is 2.30. The van der Waals surface area contributed by atoms with Crippen molar-refractivity contribution < 1.29 is 23.1 Å². The van der Waals surface area contributed by atoms with E-state index in [1.54, 1.807) is 24.3 Å². The lowest BCUT2D eigenvalue weighted by atomic mass is 10.2. The van der Waals surface area contributed by atoms with Gasteiger partial charge in [-0.2, -0.15) is 18.3 Å². The Balaban J connectivity index is 1.80. The minimum absolute atomic E-state index is 0.159. The smallest absolute Gasteiger partial charge is 0.390 e. The van der Waals surface area contributed by atoms with E-state index in [4.69, 9.17) is 5.11 Å². The number of aliphatic hydroxyl groups excluding tert-OH is 1. The maximum Gasteiger partial charge on any atom is 0.435 e. The molecular weight excluding hydrogens is 413 g/mol. The van der Waals surface area contributed by atoms with Gasteiger partial charge in [0, 0.05) is 19.8 Å². The first-order chi connectivity index (χ1) is 14.7. The number of halogens is 3. The van der Waals surface area contributed by atoms with Crippen molar-refractivity contribution in [2.24, 2.45) is 0 Å². The number of aliphatic hydroxyl groups is 1. The first-order valence-corrected chi connectivity index (χ1v) is 9.22. The summed E-state index contributed by atoms with van der Waals surface area (Å²) in [6, 6.07) is 10.2. The summed E-state index contributed by atoms with van der Waals surface area (Å²) in [6.45, 7) is -0.420. The Morgan fingerprint density at radius 3 is 2.58 bits per heavy atom. The van der Waals surface area contributed by atoms with Gasteiger partial charge in [-0.25, -0.2) is 9.48 Å². The molecule has 11 heteroatoms. The number of hydrogen-bond acceptors (Lipinski definition) is 5. The molecule has 0 unspecified atom stereocenters. The Bertz CT molecular complexity index is 1050. The first-order valence-electron chi connectivity index (χ1n) is 9.22. The highest BCUT2D eigenvalue weighted by Gasteiger charge is 2.35. The van der Waals surface area contributed by atoms with Crippen molar-refractivity contribution in [1.82, 2.24) is 20.1 Å². The molecular formula is C20H21F3N6O2. The SMILES string of the molecule is CN(C)c1cccc(-n2nc(C(F)(F)F)cc2CNC(=O)Nc2ccc(CO)nc2)c1. The van der Waals surface area contributed by atoms with Crippen molar-refractivity contribution in [2.75, 3.05) is 24.3 Å². The Morgan fingerprint density at radius 1 is 1.19 bits per heavy atom. The predicted octanol–water partition coefficient (Wildman–Crippen LogP) is 3.17. The molecule has 0 saturated carbocycles. The number of nitrogens with zero attached hydrogens (tertiary/aromatic N) is 4. The summed E-state index contributed by atoms with van der Waals surface area (Å²) < 4.78 is 40.9. The summed E-state index contributed by atoms with van der Waals surface area (Å²) in [7, 11) is 3.64. The summed E-state index contributed by atoms with van der Waals surface area (Å²) in [6.07, 6.45) is -3.26. The molecule has 0 radical (unpaired) electrons. The summed E-state index contributed by atoms with van der Waals surface area (Å²) in [5.74, 6) is 0. The van der Waals surface area contributed by atoms with E-state index in [2.05, 4.69) is 20.7 Å². The fourth-order valence-electron chi connectivity index (χ4n) is 2.75. The molecule has 164 valence electrons. The van der Waals surface area contributed by atoms with Crippen LogP contribution >= 0.6 is 0 Å². The molecule has 0 fully saturated rings. The fraction of sp³-hybridized carbons (Fsp3) is 0.250. The molecule has 2 amide bonds. The van der Waals surface area contributed by atoms with Gasteiger partial charge in [0.15, 0.2) is 5.69 Å². The van der Waals surface area contributed by atoms with E-state index in [0.29, 0.717) is 17.1 Å². The van der Waals surface area contributed by atoms with Crippen LogP contribution in [0.1, 0.15) is 17.1 Å². The molecule has 0 aliphatic carbocycles. The predicted molar refractivity (Wildman–Crippen MR) is 109 cm³/mol. The molecule has 0 aliphatic rings. The zero-order valence-corrected chi connectivity index (χ0v) is 16.8. The number of nitrogens with one attached hydrogen (secondary N) is 2. The Labute approximate surface area is 176 Å².